The average molecular weight is 379 g/mol. The van der Waals surface area contributed by atoms with E-state index >= 15 is 0 Å². The van der Waals surface area contributed by atoms with E-state index in [2.05, 4.69) is 6.58 Å². The summed E-state index contributed by atoms with van der Waals surface area (Å²) in [6, 6.07) is 7.78. The first-order valence-corrected chi connectivity index (χ1v) is 8.25. The maximum atomic E-state index is 12.8. The van der Waals surface area contributed by atoms with E-state index in [0.29, 0.717) is 0 Å². The molecule has 1 aliphatic heterocycles. The summed E-state index contributed by atoms with van der Waals surface area (Å²) in [7, 11) is 0. The zero-order valence-corrected chi connectivity index (χ0v) is 14.1. The third kappa shape index (κ3) is 3.60. The highest BCUT2D eigenvalue weighted by atomic mass is 32.2. The van der Waals surface area contributed by atoms with E-state index in [9.17, 15) is 22.8 Å². The molecule has 1 aliphatic rings. The summed E-state index contributed by atoms with van der Waals surface area (Å²) >= 11 is 0.769. The molecule has 1 aromatic heterocycles. The fraction of sp³-hybridized carbons (Fsp3) is 0.111. The van der Waals surface area contributed by atoms with Gasteiger partial charge in [-0.3, -0.25) is 14.5 Å². The number of thioether (sulfide) groups is 1. The van der Waals surface area contributed by atoms with Gasteiger partial charge < -0.3 is 4.42 Å². The molecule has 0 radical (unpaired) electrons. The summed E-state index contributed by atoms with van der Waals surface area (Å²) < 4.78 is 44.0. The standard InChI is InChI=1S/C18H12F3NO3S/c1-2-8-22-16(23)15(26-17(22)24)10-13-6-7-14(25-13)11-4-3-5-12(9-11)18(19,20)21/h2-7,9-10H,1,8H2/b15-10+. The van der Waals surface area contributed by atoms with Crippen LogP contribution in [0.2, 0.25) is 0 Å². The lowest BCUT2D eigenvalue weighted by Crippen LogP contribution is -2.27. The summed E-state index contributed by atoms with van der Waals surface area (Å²) in [5.74, 6) is 0.0334. The second-order valence-corrected chi connectivity index (χ2v) is 6.35. The van der Waals surface area contributed by atoms with Crippen molar-refractivity contribution in [1.82, 2.24) is 4.90 Å². The Morgan fingerprint density at radius 3 is 2.65 bits per heavy atom. The lowest BCUT2D eigenvalue weighted by atomic mass is 10.1. The van der Waals surface area contributed by atoms with Crippen LogP contribution < -0.4 is 0 Å². The summed E-state index contributed by atoms with van der Waals surface area (Å²) in [5.41, 5.74) is -0.516. The molecule has 2 aromatic rings. The molecule has 1 saturated heterocycles. The van der Waals surface area contributed by atoms with Crippen molar-refractivity contribution < 1.29 is 27.2 Å². The van der Waals surface area contributed by atoms with Crippen molar-refractivity contribution in [2.75, 3.05) is 6.54 Å². The minimum Gasteiger partial charge on any atom is -0.457 e. The van der Waals surface area contributed by atoms with E-state index in [1.165, 1.54) is 36.4 Å². The molecule has 8 heteroatoms. The van der Waals surface area contributed by atoms with Crippen LogP contribution in [-0.2, 0) is 11.0 Å². The van der Waals surface area contributed by atoms with Crippen molar-refractivity contribution in [1.29, 1.82) is 0 Å². The maximum Gasteiger partial charge on any atom is 0.416 e. The maximum absolute atomic E-state index is 12.8. The van der Waals surface area contributed by atoms with Crippen LogP contribution in [0.5, 0.6) is 0 Å². The van der Waals surface area contributed by atoms with Gasteiger partial charge in [0.25, 0.3) is 11.1 Å². The van der Waals surface area contributed by atoms with E-state index in [-0.39, 0.29) is 28.5 Å². The first kappa shape index (κ1) is 18.1. The molecule has 2 heterocycles. The van der Waals surface area contributed by atoms with Crippen LogP contribution in [0.15, 0.2) is 58.4 Å². The van der Waals surface area contributed by atoms with Crippen molar-refractivity contribution in [3.63, 3.8) is 0 Å². The third-order valence-electron chi connectivity index (χ3n) is 3.56. The fourth-order valence-electron chi connectivity index (χ4n) is 2.35. The zero-order valence-electron chi connectivity index (χ0n) is 13.2. The number of furan rings is 1. The molecule has 2 amide bonds. The Bertz CT molecular complexity index is 914. The highest BCUT2D eigenvalue weighted by Crippen LogP contribution is 2.35. The SMILES string of the molecule is C=CCN1C(=O)S/C(=C/c2ccc(-c3cccc(C(F)(F)F)c3)o2)C1=O. The minimum absolute atomic E-state index is 0.107. The largest absolute Gasteiger partial charge is 0.457 e. The number of benzene rings is 1. The highest BCUT2D eigenvalue weighted by Gasteiger charge is 2.34. The van der Waals surface area contributed by atoms with Crippen LogP contribution in [0.4, 0.5) is 18.0 Å². The number of amides is 2. The van der Waals surface area contributed by atoms with Crippen molar-refractivity contribution in [2.24, 2.45) is 0 Å². The molecule has 26 heavy (non-hydrogen) atoms. The Balaban J connectivity index is 1.86. The number of imide groups is 1. The minimum atomic E-state index is -4.45. The van der Waals surface area contributed by atoms with Gasteiger partial charge in [-0.25, -0.2) is 0 Å². The molecular formula is C18H12F3NO3S. The van der Waals surface area contributed by atoms with E-state index < -0.39 is 22.9 Å². The number of hydrogen-bond acceptors (Lipinski definition) is 4. The van der Waals surface area contributed by atoms with Gasteiger partial charge in [0, 0.05) is 18.2 Å². The van der Waals surface area contributed by atoms with Crippen molar-refractivity contribution >= 4 is 29.0 Å². The predicted octanol–water partition coefficient (Wildman–Crippen LogP) is 5.19. The lowest BCUT2D eigenvalue weighted by molar-refractivity contribution is -0.137. The third-order valence-corrected chi connectivity index (χ3v) is 4.47. The number of rotatable bonds is 4. The number of carbonyl (C=O) groups is 2. The summed E-state index contributed by atoms with van der Waals surface area (Å²) in [6.45, 7) is 3.60. The van der Waals surface area contributed by atoms with Crippen LogP contribution in [0.25, 0.3) is 17.4 Å². The molecule has 0 saturated carbocycles. The van der Waals surface area contributed by atoms with Gasteiger partial charge in [0.2, 0.25) is 0 Å². The quantitative estimate of drug-likeness (QED) is 0.542. The van der Waals surface area contributed by atoms with Gasteiger partial charge in [-0.2, -0.15) is 13.2 Å². The molecule has 0 atom stereocenters. The van der Waals surface area contributed by atoms with E-state index in [1.54, 1.807) is 0 Å². The van der Waals surface area contributed by atoms with E-state index in [4.69, 9.17) is 4.42 Å². The molecular weight excluding hydrogens is 367 g/mol. The van der Waals surface area contributed by atoms with Crippen LogP contribution in [-0.4, -0.2) is 22.6 Å². The Hall–Kier alpha value is -2.74. The number of carbonyl (C=O) groups excluding carboxylic acids is 2. The summed E-state index contributed by atoms with van der Waals surface area (Å²) in [4.78, 5) is 25.1. The smallest absolute Gasteiger partial charge is 0.416 e. The normalized spacial score (nSPS) is 16.6. The topological polar surface area (TPSA) is 50.5 Å². The first-order chi connectivity index (χ1) is 12.3. The van der Waals surface area contributed by atoms with Gasteiger partial charge in [-0.05, 0) is 36.0 Å². The van der Waals surface area contributed by atoms with E-state index in [0.717, 1.165) is 28.8 Å². The number of nitrogens with zero attached hydrogens (tertiary/aromatic N) is 1. The van der Waals surface area contributed by atoms with Crippen LogP contribution in [0.1, 0.15) is 11.3 Å². The lowest BCUT2D eigenvalue weighted by Gasteiger charge is -2.07. The van der Waals surface area contributed by atoms with Gasteiger partial charge in [0.05, 0.1) is 10.5 Å². The van der Waals surface area contributed by atoms with Crippen molar-refractivity contribution in [3.05, 3.63) is 65.3 Å². The molecule has 3 rings (SSSR count). The Labute approximate surface area is 151 Å². The molecule has 0 aliphatic carbocycles. The Morgan fingerprint density at radius 2 is 1.96 bits per heavy atom. The van der Waals surface area contributed by atoms with Gasteiger partial charge in [-0.1, -0.05) is 18.2 Å². The monoisotopic (exact) mass is 379 g/mol. The van der Waals surface area contributed by atoms with Gasteiger partial charge in [0.1, 0.15) is 11.5 Å². The van der Waals surface area contributed by atoms with Crippen molar-refractivity contribution in [3.8, 4) is 11.3 Å². The van der Waals surface area contributed by atoms with E-state index in [1.807, 2.05) is 0 Å². The average Bonchev–Trinajstić information content (AvgIpc) is 3.15. The molecule has 0 unspecified atom stereocenters. The van der Waals surface area contributed by atoms with Gasteiger partial charge in [0.15, 0.2) is 0 Å². The Kier molecular flexibility index (Phi) is 4.78. The number of halogens is 3. The number of alkyl halides is 3. The molecule has 0 bridgehead atoms. The van der Waals surface area contributed by atoms with Gasteiger partial charge in [-0.15, -0.1) is 6.58 Å². The van der Waals surface area contributed by atoms with Crippen LogP contribution >= 0.6 is 11.8 Å². The van der Waals surface area contributed by atoms with Crippen LogP contribution in [0.3, 0.4) is 0 Å². The second-order valence-electron chi connectivity index (χ2n) is 5.36. The molecule has 4 nitrogen and oxygen atoms in total. The molecule has 0 N–H and O–H groups in total. The fourth-order valence-corrected chi connectivity index (χ4v) is 3.18. The molecule has 134 valence electrons. The second kappa shape index (κ2) is 6.87. The van der Waals surface area contributed by atoms with Crippen LogP contribution in [0, 0.1) is 0 Å². The molecule has 1 aromatic carbocycles. The highest BCUT2D eigenvalue weighted by molar-refractivity contribution is 8.18. The molecule has 1 fully saturated rings. The molecule has 0 spiro atoms. The first-order valence-electron chi connectivity index (χ1n) is 7.43. The van der Waals surface area contributed by atoms with Crippen molar-refractivity contribution in [2.45, 2.75) is 6.18 Å². The predicted molar refractivity (Wildman–Crippen MR) is 92.0 cm³/mol. The number of hydrogen-bond donors (Lipinski definition) is 0. The summed E-state index contributed by atoms with van der Waals surface area (Å²) in [5, 5.41) is -0.411. The summed E-state index contributed by atoms with van der Waals surface area (Å²) in [6.07, 6.45) is -1.61. The van der Waals surface area contributed by atoms with Gasteiger partial charge >= 0.3 is 6.18 Å². The zero-order chi connectivity index (χ0) is 18.9. The Morgan fingerprint density at radius 1 is 1.19 bits per heavy atom.